The second-order valence-electron chi connectivity index (χ2n) is 5.76. The van der Waals surface area contributed by atoms with E-state index in [2.05, 4.69) is 9.71 Å². The van der Waals surface area contributed by atoms with E-state index in [0.717, 1.165) is 12.5 Å². The average molecular weight is 338 g/mol. The minimum atomic E-state index is -4.61. The lowest BCUT2D eigenvalue weighted by atomic mass is 9.86. The van der Waals surface area contributed by atoms with Gasteiger partial charge in [0.15, 0.2) is 0 Å². The summed E-state index contributed by atoms with van der Waals surface area (Å²) in [5, 5.41) is 9.42. The summed E-state index contributed by atoms with van der Waals surface area (Å²) in [6.45, 7) is 1.61. The molecular formula is C13H17F3N2O3S. The van der Waals surface area contributed by atoms with Gasteiger partial charge in [0.2, 0.25) is 10.0 Å². The molecule has 0 amide bonds. The van der Waals surface area contributed by atoms with Crippen LogP contribution < -0.4 is 4.72 Å². The van der Waals surface area contributed by atoms with Crippen LogP contribution in [0.25, 0.3) is 0 Å². The predicted molar refractivity (Wildman–Crippen MR) is 72.4 cm³/mol. The molecule has 1 heterocycles. The zero-order valence-electron chi connectivity index (χ0n) is 11.9. The molecule has 0 aromatic carbocycles. The van der Waals surface area contributed by atoms with Crippen molar-refractivity contribution in [3.63, 3.8) is 0 Å². The summed E-state index contributed by atoms with van der Waals surface area (Å²) in [6, 6.07) is 1.06. The van der Waals surface area contributed by atoms with Crippen molar-refractivity contribution >= 4 is 10.0 Å². The van der Waals surface area contributed by atoms with E-state index >= 15 is 0 Å². The molecule has 0 spiro atoms. The quantitative estimate of drug-likeness (QED) is 0.879. The first-order valence-corrected chi connectivity index (χ1v) is 8.23. The summed E-state index contributed by atoms with van der Waals surface area (Å²) in [4.78, 5) is 2.83. The lowest BCUT2D eigenvalue weighted by Crippen LogP contribution is -2.44. The summed E-state index contributed by atoms with van der Waals surface area (Å²) in [7, 11) is -3.98. The molecule has 22 heavy (non-hydrogen) atoms. The van der Waals surface area contributed by atoms with Gasteiger partial charge in [-0.15, -0.1) is 0 Å². The lowest BCUT2D eigenvalue weighted by molar-refractivity contribution is -0.141. The van der Waals surface area contributed by atoms with Crippen molar-refractivity contribution in [3.8, 4) is 0 Å². The number of sulfonamides is 1. The second-order valence-corrected chi connectivity index (χ2v) is 7.47. The first-order chi connectivity index (χ1) is 10.1. The molecule has 2 N–H and O–H groups in total. The van der Waals surface area contributed by atoms with Crippen molar-refractivity contribution in [3.05, 3.63) is 24.0 Å². The molecule has 1 saturated carbocycles. The van der Waals surface area contributed by atoms with Gasteiger partial charge in [-0.25, -0.2) is 13.1 Å². The Kier molecular flexibility index (Phi) is 4.51. The number of rotatable bonds is 4. The molecule has 1 aromatic rings. The number of hydrogen-bond donors (Lipinski definition) is 2. The van der Waals surface area contributed by atoms with Gasteiger partial charge in [-0.05, 0) is 25.0 Å². The number of aliphatic hydroxyl groups is 1. The smallest absolute Gasteiger partial charge is 0.396 e. The van der Waals surface area contributed by atoms with Gasteiger partial charge in [0, 0.05) is 24.3 Å². The van der Waals surface area contributed by atoms with Gasteiger partial charge >= 0.3 is 6.18 Å². The van der Waals surface area contributed by atoms with E-state index in [9.17, 15) is 26.7 Å². The van der Waals surface area contributed by atoms with E-state index in [-0.39, 0.29) is 11.5 Å². The van der Waals surface area contributed by atoms with Crippen LogP contribution in [0, 0.1) is 5.41 Å². The summed E-state index contributed by atoms with van der Waals surface area (Å²) in [5.41, 5.74) is -1.71. The largest absolute Gasteiger partial charge is 0.433 e. The van der Waals surface area contributed by atoms with Crippen LogP contribution >= 0.6 is 0 Å². The van der Waals surface area contributed by atoms with Crippen LogP contribution in [0.5, 0.6) is 0 Å². The Morgan fingerprint density at radius 3 is 2.64 bits per heavy atom. The molecule has 0 aliphatic heterocycles. The molecule has 1 aromatic heterocycles. The molecule has 0 radical (unpaired) electrons. The number of nitrogens with zero attached hydrogens (tertiary/aromatic N) is 1. The molecule has 0 saturated heterocycles. The summed E-state index contributed by atoms with van der Waals surface area (Å²) >= 11 is 0. The molecule has 0 bridgehead atoms. The number of alkyl halides is 3. The van der Waals surface area contributed by atoms with E-state index in [1.54, 1.807) is 6.92 Å². The van der Waals surface area contributed by atoms with Crippen molar-refractivity contribution in [2.45, 2.75) is 43.3 Å². The lowest BCUT2D eigenvalue weighted by Gasteiger charge is -2.29. The Morgan fingerprint density at radius 2 is 2.14 bits per heavy atom. The fourth-order valence-electron chi connectivity index (χ4n) is 2.59. The third-order valence-corrected chi connectivity index (χ3v) is 5.53. The van der Waals surface area contributed by atoms with Crippen molar-refractivity contribution in [2.75, 3.05) is 6.61 Å². The molecule has 9 heteroatoms. The molecular weight excluding hydrogens is 321 g/mol. The van der Waals surface area contributed by atoms with Crippen LogP contribution in [-0.4, -0.2) is 31.2 Å². The Labute approximate surface area is 126 Å². The van der Waals surface area contributed by atoms with Crippen LogP contribution in [-0.2, 0) is 16.2 Å². The molecule has 2 rings (SSSR count). The van der Waals surface area contributed by atoms with Gasteiger partial charge in [-0.1, -0.05) is 13.3 Å². The highest BCUT2D eigenvalue weighted by Gasteiger charge is 2.40. The number of hydrogen-bond acceptors (Lipinski definition) is 4. The van der Waals surface area contributed by atoms with Crippen LogP contribution in [0.1, 0.15) is 31.9 Å². The maximum Gasteiger partial charge on any atom is 0.433 e. The van der Waals surface area contributed by atoms with Crippen LogP contribution in [0.15, 0.2) is 23.2 Å². The van der Waals surface area contributed by atoms with Crippen molar-refractivity contribution in [1.82, 2.24) is 9.71 Å². The number of halogens is 3. The zero-order chi connectivity index (χ0) is 16.6. The maximum absolute atomic E-state index is 12.4. The molecule has 1 aliphatic rings. The Morgan fingerprint density at radius 1 is 1.45 bits per heavy atom. The number of aliphatic hydroxyl groups excluding tert-OH is 1. The highest BCUT2D eigenvalue weighted by molar-refractivity contribution is 7.89. The Bertz CT molecular complexity index is 631. The molecule has 1 fully saturated rings. The van der Waals surface area contributed by atoms with E-state index in [4.69, 9.17) is 0 Å². The predicted octanol–water partition coefficient (Wildman–Crippen LogP) is 1.93. The fraction of sp³-hybridized carbons (Fsp3) is 0.615. The minimum Gasteiger partial charge on any atom is -0.396 e. The van der Waals surface area contributed by atoms with Gasteiger partial charge in [0.05, 0.1) is 0 Å². The molecule has 0 unspecified atom stereocenters. The molecule has 124 valence electrons. The second kappa shape index (κ2) is 5.78. The first-order valence-electron chi connectivity index (χ1n) is 6.75. The first kappa shape index (κ1) is 17.2. The van der Waals surface area contributed by atoms with Crippen molar-refractivity contribution < 1.29 is 26.7 Å². The maximum atomic E-state index is 12.4. The number of nitrogens with one attached hydrogen (secondary N) is 1. The third kappa shape index (κ3) is 3.41. The van der Waals surface area contributed by atoms with Gasteiger partial charge in [-0.2, -0.15) is 13.2 Å². The molecule has 1 aliphatic carbocycles. The average Bonchev–Trinajstić information content (AvgIpc) is 2.79. The van der Waals surface area contributed by atoms with Crippen molar-refractivity contribution in [2.24, 2.45) is 5.41 Å². The number of pyridine rings is 1. The molecule has 5 nitrogen and oxygen atoms in total. The van der Waals surface area contributed by atoms with Crippen LogP contribution in [0.2, 0.25) is 0 Å². The zero-order valence-corrected chi connectivity index (χ0v) is 12.7. The van der Waals surface area contributed by atoms with Gasteiger partial charge in [0.1, 0.15) is 10.6 Å². The standard InChI is InChI=1S/C13H17F3N2O3S/c1-12(8-19)6-2-3-10(12)18-22(20,21)9-4-5-11(17-7-9)13(14,15)16/h4-5,7,10,18-19H,2-3,6,8H2,1H3/t10-,12-/m1/s1. The van der Waals surface area contributed by atoms with E-state index in [1.165, 1.54) is 0 Å². The fourth-order valence-corrected chi connectivity index (χ4v) is 3.94. The third-order valence-electron chi connectivity index (χ3n) is 4.08. The van der Waals surface area contributed by atoms with E-state index < -0.39 is 33.4 Å². The highest BCUT2D eigenvalue weighted by Crippen LogP contribution is 2.38. The Balaban J connectivity index is 2.21. The van der Waals surface area contributed by atoms with Gasteiger partial charge in [0.25, 0.3) is 0 Å². The SMILES string of the molecule is C[C@]1(CO)CCC[C@H]1NS(=O)(=O)c1ccc(C(F)(F)F)nc1. The normalized spacial score (nSPS) is 26.3. The van der Waals surface area contributed by atoms with Crippen molar-refractivity contribution in [1.29, 1.82) is 0 Å². The minimum absolute atomic E-state index is 0.161. The van der Waals surface area contributed by atoms with Crippen LogP contribution in [0.4, 0.5) is 13.2 Å². The highest BCUT2D eigenvalue weighted by atomic mass is 32.2. The topological polar surface area (TPSA) is 79.3 Å². The monoisotopic (exact) mass is 338 g/mol. The number of aromatic nitrogens is 1. The Hall–Kier alpha value is -1.19. The van der Waals surface area contributed by atoms with E-state index in [1.807, 2.05) is 0 Å². The summed E-state index contributed by atoms with van der Waals surface area (Å²) < 4.78 is 64.2. The summed E-state index contributed by atoms with van der Waals surface area (Å²) in [6.07, 6.45) is -1.89. The van der Waals surface area contributed by atoms with Crippen LogP contribution in [0.3, 0.4) is 0 Å². The van der Waals surface area contributed by atoms with E-state index in [0.29, 0.717) is 25.1 Å². The van der Waals surface area contributed by atoms with Gasteiger partial charge < -0.3 is 5.11 Å². The molecule has 2 atom stereocenters. The van der Waals surface area contributed by atoms with Gasteiger partial charge in [-0.3, -0.25) is 4.98 Å². The summed E-state index contributed by atoms with van der Waals surface area (Å²) in [5.74, 6) is 0.